The van der Waals surface area contributed by atoms with E-state index in [2.05, 4.69) is 50.4 Å². The molecule has 0 amide bonds. The van der Waals surface area contributed by atoms with Crippen LogP contribution in [0.4, 0.5) is 10.1 Å². The topological polar surface area (TPSA) is 12.0 Å². The van der Waals surface area contributed by atoms with Crippen LogP contribution in [0.15, 0.2) is 42.5 Å². The van der Waals surface area contributed by atoms with E-state index in [1.54, 1.807) is 19.1 Å². The highest BCUT2D eigenvalue weighted by Crippen LogP contribution is 2.22. The van der Waals surface area contributed by atoms with Gasteiger partial charge in [0, 0.05) is 11.7 Å². The van der Waals surface area contributed by atoms with Crippen molar-refractivity contribution in [3.05, 3.63) is 65.0 Å². The second-order valence-corrected chi connectivity index (χ2v) is 6.17. The summed E-state index contributed by atoms with van der Waals surface area (Å²) in [6.45, 7) is 8.32. The fourth-order valence-electron chi connectivity index (χ4n) is 2.43. The minimum absolute atomic E-state index is 0.153. The van der Waals surface area contributed by atoms with Gasteiger partial charge in [-0.15, -0.1) is 0 Å². The first kappa shape index (κ1) is 15.6. The van der Waals surface area contributed by atoms with Crippen LogP contribution in [0.25, 0.3) is 0 Å². The number of hydrogen-bond acceptors (Lipinski definition) is 1. The Hall–Kier alpha value is -1.83. The number of aryl methyl sites for hydroxylation is 1. The second kappa shape index (κ2) is 6.75. The van der Waals surface area contributed by atoms with E-state index in [1.807, 2.05) is 6.07 Å². The summed E-state index contributed by atoms with van der Waals surface area (Å²) in [5.41, 5.74) is 4.06. The predicted molar refractivity (Wildman–Crippen MR) is 88.2 cm³/mol. The molecule has 0 radical (unpaired) electrons. The lowest BCUT2D eigenvalue weighted by Gasteiger charge is -2.17. The smallest absolute Gasteiger partial charge is 0.128 e. The standard InChI is InChI=1S/C19H24FN/c1-13(2)11-16-6-8-17(9-7-16)15(4)21-18-10-5-14(3)19(20)12-18/h5-10,12-13,15,21H,11H2,1-4H3. The molecule has 112 valence electrons. The van der Waals surface area contributed by atoms with Gasteiger partial charge in [-0.3, -0.25) is 0 Å². The molecule has 0 aliphatic carbocycles. The molecule has 0 aromatic heterocycles. The molecule has 0 saturated heterocycles. The van der Waals surface area contributed by atoms with Crippen LogP contribution in [0, 0.1) is 18.7 Å². The van der Waals surface area contributed by atoms with Gasteiger partial charge >= 0.3 is 0 Å². The van der Waals surface area contributed by atoms with Gasteiger partial charge in [0.2, 0.25) is 0 Å². The summed E-state index contributed by atoms with van der Waals surface area (Å²) in [5.74, 6) is 0.501. The number of nitrogens with one attached hydrogen (secondary N) is 1. The van der Waals surface area contributed by atoms with Crippen molar-refractivity contribution >= 4 is 5.69 Å². The van der Waals surface area contributed by atoms with Gasteiger partial charge in [-0.1, -0.05) is 44.2 Å². The molecule has 2 aromatic rings. The molecule has 0 spiro atoms. The molecule has 1 nitrogen and oxygen atoms in total. The molecule has 2 rings (SSSR count). The highest BCUT2D eigenvalue weighted by atomic mass is 19.1. The van der Waals surface area contributed by atoms with E-state index in [9.17, 15) is 4.39 Å². The molecule has 0 aliphatic rings. The molecule has 0 aliphatic heterocycles. The molecule has 2 heteroatoms. The largest absolute Gasteiger partial charge is 0.378 e. The molecule has 1 unspecified atom stereocenters. The maximum Gasteiger partial charge on any atom is 0.128 e. The minimum atomic E-state index is -0.167. The lowest BCUT2D eigenvalue weighted by atomic mass is 10.00. The van der Waals surface area contributed by atoms with Crippen molar-refractivity contribution in [1.82, 2.24) is 0 Å². The molecule has 0 saturated carbocycles. The summed E-state index contributed by atoms with van der Waals surface area (Å²) >= 11 is 0. The van der Waals surface area contributed by atoms with Crippen molar-refractivity contribution < 1.29 is 4.39 Å². The van der Waals surface area contributed by atoms with E-state index in [0.717, 1.165) is 12.1 Å². The average Bonchev–Trinajstić information content (AvgIpc) is 2.43. The minimum Gasteiger partial charge on any atom is -0.378 e. The zero-order valence-corrected chi connectivity index (χ0v) is 13.3. The van der Waals surface area contributed by atoms with Crippen LogP contribution in [-0.4, -0.2) is 0 Å². The number of rotatable bonds is 5. The lowest BCUT2D eigenvalue weighted by molar-refractivity contribution is 0.618. The van der Waals surface area contributed by atoms with E-state index in [1.165, 1.54) is 11.1 Å². The van der Waals surface area contributed by atoms with E-state index in [0.29, 0.717) is 11.5 Å². The number of benzene rings is 2. The van der Waals surface area contributed by atoms with Crippen LogP contribution < -0.4 is 5.32 Å². The van der Waals surface area contributed by atoms with Gasteiger partial charge in [0.1, 0.15) is 5.82 Å². The summed E-state index contributed by atoms with van der Waals surface area (Å²) in [7, 11) is 0. The molecule has 0 fully saturated rings. The Labute approximate surface area is 127 Å². The van der Waals surface area contributed by atoms with Gasteiger partial charge in [-0.05, 0) is 55.0 Å². The van der Waals surface area contributed by atoms with E-state index in [-0.39, 0.29) is 11.9 Å². The first-order chi connectivity index (χ1) is 9.95. The quantitative estimate of drug-likeness (QED) is 0.764. The third-order valence-electron chi connectivity index (χ3n) is 3.68. The SMILES string of the molecule is Cc1ccc(NC(C)c2ccc(CC(C)C)cc2)cc1F. The van der Waals surface area contributed by atoms with Crippen molar-refractivity contribution in [3.63, 3.8) is 0 Å². The highest BCUT2D eigenvalue weighted by Gasteiger charge is 2.07. The molecule has 1 N–H and O–H groups in total. The molecular formula is C19H24FN. The van der Waals surface area contributed by atoms with Crippen molar-refractivity contribution in [3.8, 4) is 0 Å². The molecule has 21 heavy (non-hydrogen) atoms. The van der Waals surface area contributed by atoms with Crippen LogP contribution in [0.3, 0.4) is 0 Å². The number of hydrogen-bond donors (Lipinski definition) is 1. The molecule has 0 heterocycles. The van der Waals surface area contributed by atoms with Crippen LogP contribution in [0.1, 0.15) is 43.5 Å². The fraction of sp³-hybridized carbons (Fsp3) is 0.368. The summed E-state index contributed by atoms with van der Waals surface area (Å²) in [4.78, 5) is 0. The average molecular weight is 285 g/mol. The van der Waals surface area contributed by atoms with Gasteiger partial charge in [0.05, 0.1) is 0 Å². The molecular weight excluding hydrogens is 261 g/mol. The third-order valence-corrected chi connectivity index (χ3v) is 3.68. The Morgan fingerprint density at radius 1 is 1.00 bits per heavy atom. The number of anilines is 1. The van der Waals surface area contributed by atoms with E-state index in [4.69, 9.17) is 0 Å². The molecule has 1 atom stereocenters. The van der Waals surface area contributed by atoms with Gasteiger partial charge in [-0.25, -0.2) is 4.39 Å². The second-order valence-electron chi connectivity index (χ2n) is 6.17. The predicted octanol–water partition coefficient (Wildman–Crippen LogP) is 5.51. The Morgan fingerprint density at radius 2 is 1.67 bits per heavy atom. The Bertz CT molecular complexity index is 587. The fourth-order valence-corrected chi connectivity index (χ4v) is 2.43. The third kappa shape index (κ3) is 4.32. The summed E-state index contributed by atoms with van der Waals surface area (Å²) in [6, 6.07) is 14.1. The van der Waals surface area contributed by atoms with Gasteiger partial charge in [0.15, 0.2) is 0 Å². The van der Waals surface area contributed by atoms with Crippen molar-refractivity contribution in [2.24, 2.45) is 5.92 Å². The summed E-state index contributed by atoms with van der Waals surface area (Å²) < 4.78 is 13.6. The van der Waals surface area contributed by atoms with Gasteiger partial charge in [0.25, 0.3) is 0 Å². The van der Waals surface area contributed by atoms with Crippen molar-refractivity contribution in [1.29, 1.82) is 0 Å². The van der Waals surface area contributed by atoms with Crippen LogP contribution in [-0.2, 0) is 6.42 Å². The van der Waals surface area contributed by atoms with Crippen molar-refractivity contribution in [2.75, 3.05) is 5.32 Å². The molecule has 2 aromatic carbocycles. The zero-order chi connectivity index (χ0) is 15.4. The lowest BCUT2D eigenvalue weighted by Crippen LogP contribution is -2.07. The maximum absolute atomic E-state index is 13.6. The van der Waals surface area contributed by atoms with Gasteiger partial charge in [-0.2, -0.15) is 0 Å². The Kier molecular flexibility index (Phi) is 5.00. The number of halogens is 1. The molecule has 0 bridgehead atoms. The van der Waals surface area contributed by atoms with E-state index < -0.39 is 0 Å². The first-order valence-electron chi connectivity index (χ1n) is 7.57. The van der Waals surface area contributed by atoms with Crippen LogP contribution in [0.2, 0.25) is 0 Å². The maximum atomic E-state index is 13.6. The first-order valence-corrected chi connectivity index (χ1v) is 7.57. The summed E-state index contributed by atoms with van der Waals surface area (Å²) in [6.07, 6.45) is 1.10. The summed E-state index contributed by atoms with van der Waals surface area (Å²) in [5, 5.41) is 3.35. The normalized spacial score (nSPS) is 12.5. The van der Waals surface area contributed by atoms with E-state index >= 15 is 0 Å². The Morgan fingerprint density at radius 3 is 2.24 bits per heavy atom. The zero-order valence-electron chi connectivity index (χ0n) is 13.3. The van der Waals surface area contributed by atoms with Gasteiger partial charge < -0.3 is 5.32 Å². The Balaban J connectivity index is 2.05. The van der Waals surface area contributed by atoms with Crippen molar-refractivity contribution in [2.45, 2.75) is 40.2 Å². The monoisotopic (exact) mass is 285 g/mol. The van der Waals surface area contributed by atoms with Crippen LogP contribution >= 0.6 is 0 Å². The van der Waals surface area contributed by atoms with Crippen LogP contribution in [0.5, 0.6) is 0 Å². The highest BCUT2D eigenvalue weighted by molar-refractivity contribution is 5.47.